The van der Waals surface area contributed by atoms with Crippen LogP contribution in [0.4, 0.5) is 0 Å². The number of hydrogen-bond donors (Lipinski definition) is 0. The average Bonchev–Trinajstić information content (AvgIpc) is 2.65. The first kappa shape index (κ1) is 18.8. The number of rotatable bonds is 8. The first-order valence-electron chi connectivity index (χ1n) is 7.66. The van der Waals surface area contributed by atoms with E-state index >= 15 is 0 Å². The first-order valence-corrected chi connectivity index (χ1v) is 9.10. The van der Waals surface area contributed by atoms with Gasteiger partial charge in [-0.2, -0.15) is 9.57 Å². The van der Waals surface area contributed by atoms with Crippen molar-refractivity contribution in [3.63, 3.8) is 0 Å². The Balaban J connectivity index is 2.46. The zero-order valence-electron chi connectivity index (χ0n) is 14.2. The lowest BCUT2D eigenvalue weighted by Gasteiger charge is -2.22. The van der Waals surface area contributed by atoms with E-state index in [0.29, 0.717) is 5.75 Å². The third-order valence-electron chi connectivity index (χ3n) is 3.66. The summed E-state index contributed by atoms with van der Waals surface area (Å²) >= 11 is 0. The minimum Gasteiger partial charge on any atom is -0.497 e. The van der Waals surface area contributed by atoms with Crippen molar-refractivity contribution in [1.82, 2.24) is 4.31 Å². The zero-order chi connectivity index (χ0) is 18.3. The van der Waals surface area contributed by atoms with Gasteiger partial charge in [-0.05, 0) is 17.7 Å². The maximum atomic E-state index is 13.2. The van der Waals surface area contributed by atoms with E-state index in [1.165, 1.54) is 24.6 Å². The molecule has 25 heavy (non-hydrogen) atoms. The van der Waals surface area contributed by atoms with Gasteiger partial charge in [0.15, 0.2) is 0 Å². The van der Waals surface area contributed by atoms with E-state index in [1.807, 2.05) is 36.4 Å². The van der Waals surface area contributed by atoms with Crippen LogP contribution in [0, 0.1) is 11.3 Å². The summed E-state index contributed by atoms with van der Waals surface area (Å²) in [7, 11) is -0.987. The van der Waals surface area contributed by atoms with Crippen LogP contribution in [0.1, 0.15) is 12.0 Å². The molecular weight excluding hydrogens is 340 g/mol. The molecule has 0 spiro atoms. The normalized spacial score (nSPS) is 11.1. The number of hydrogen-bond acceptors (Lipinski definition) is 5. The molecule has 6 nitrogen and oxygen atoms in total. The first-order chi connectivity index (χ1) is 12.0. The van der Waals surface area contributed by atoms with Crippen molar-refractivity contribution in [2.24, 2.45) is 0 Å². The van der Waals surface area contributed by atoms with Gasteiger partial charge in [-0.3, -0.25) is 0 Å². The maximum Gasteiger partial charge on any atom is 0.247 e. The van der Waals surface area contributed by atoms with Crippen LogP contribution in [-0.2, 0) is 16.6 Å². The molecule has 0 amide bonds. The van der Waals surface area contributed by atoms with Gasteiger partial charge in [0, 0.05) is 25.6 Å². The molecule has 0 aliphatic heterocycles. The Labute approximate surface area is 148 Å². The second-order valence-corrected chi connectivity index (χ2v) is 7.16. The quantitative estimate of drug-likeness (QED) is 0.723. The van der Waals surface area contributed by atoms with E-state index in [4.69, 9.17) is 14.7 Å². The Kier molecular flexibility index (Phi) is 6.39. The molecule has 132 valence electrons. The summed E-state index contributed by atoms with van der Waals surface area (Å²) in [4.78, 5) is 0.0169. The van der Waals surface area contributed by atoms with Gasteiger partial charge in [0.05, 0.1) is 20.3 Å². The van der Waals surface area contributed by atoms with Gasteiger partial charge >= 0.3 is 0 Å². The topological polar surface area (TPSA) is 79.6 Å². The van der Waals surface area contributed by atoms with Crippen LogP contribution in [0.15, 0.2) is 53.4 Å². The largest absolute Gasteiger partial charge is 0.497 e. The van der Waals surface area contributed by atoms with Crippen molar-refractivity contribution in [2.75, 3.05) is 20.8 Å². The molecule has 0 aliphatic carbocycles. The van der Waals surface area contributed by atoms with E-state index in [2.05, 4.69) is 0 Å². The number of methoxy groups -OCH3 is 2. The summed E-state index contributed by atoms with van der Waals surface area (Å²) in [6, 6.07) is 15.9. The summed E-state index contributed by atoms with van der Waals surface area (Å²) < 4.78 is 38.0. The van der Waals surface area contributed by atoms with Gasteiger partial charge in [0.1, 0.15) is 16.4 Å². The number of nitriles is 1. The maximum absolute atomic E-state index is 13.2. The summed E-state index contributed by atoms with van der Waals surface area (Å²) in [6.45, 7) is 0.263. The monoisotopic (exact) mass is 360 g/mol. The van der Waals surface area contributed by atoms with Crippen molar-refractivity contribution in [2.45, 2.75) is 17.9 Å². The summed E-state index contributed by atoms with van der Waals surface area (Å²) in [5.41, 5.74) is 0.839. The molecule has 2 aromatic rings. The molecular formula is C18H20N2O4S. The van der Waals surface area contributed by atoms with Crippen LogP contribution in [0.2, 0.25) is 0 Å². The van der Waals surface area contributed by atoms with E-state index in [0.717, 1.165) is 5.56 Å². The Hall–Kier alpha value is -2.56. The molecule has 2 aromatic carbocycles. The fourth-order valence-corrected chi connectivity index (χ4v) is 3.97. The number of benzene rings is 2. The molecule has 0 atom stereocenters. The average molecular weight is 360 g/mol. The standard InChI is InChI=1S/C18H20N2O4S/c1-23-16-9-10-17(24-2)18(13-16)25(21,22)20(12-6-11-19)14-15-7-4-3-5-8-15/h3-5,7-10,13H,6,12,14H2,1-2H3. The van der Waals surface area contributed by atoms with Crippen LogP contribution in [0.25, 0.3) is 0 Å². The van der Waals surface area contributed by atoms with Crippen molar-refractivity contribution < 1.29 is 17.9 Å². The second kappa shape index (κ2) is 8.51. The molecule has 2 rings (SSSR count). The van der Waals surface area contributed by atoms with Crippen LogP contribution < -0.4 is 9.47 Å². The molecule has 0 heterocycles. The van der Waals surface area contributed by atoms with Crippen molar-refractivity contribution in [3.8, 4) is 17.6 Å². The molecule has 0 N–H and O–H groups in total. The molecule has 7 heteroatoms. The highest BCUT2D eigenvalue weighted by Crippen LogP contribution is 2.31. The lowest BCUT2D eigenvalue weighted by molar-refractivity contribution is 0.381. The Bertz CT molecular complexity index is 845. The predicted molar refractivity (Wildman–Crippen MR) is 93.8 cm³/mol. The molecule has 0 bridgehead atoms. The number of nitrogens with zero attached hydrogens (tertiary/aromatic N) is 2. The molecule has 0 saturated heterocycles. The minimum atomic E-state index is -3.87. The van der Waals surface area contributed by atoms with Gasteiger partial charge < -0.3 is 9.47 Å². The Morgan fingerprint density at radius 1 is 1.08 bits per heavy atom. The van der Waals surface area contributed by atoms with Gasteiger partial charge in [-0.15, -0.1) is 0 Å². The summed E-state index contributed by atoms with van der Waals surface area (Å²) in [6.07, 6.45) is 0.0956. The number of sulfonamides is 1. The van der Waals surface area contributed by atoms with Gasteiger partial charge in [-0.25, -0.2) is 8.42 Å². The van der Waals surface area contributed by atoms with E-state index in [9.17, 15) is 8.42 Å². The lowest BCUT2D eigenvalue weighted by Crippen LogP contribution is -2.31. The van der Waals surface area contributed by atoms with Gasteiger partial charge in [-0.1, -0.05) is 30.3 Å². The van der Waals surface area contributed by atoms with Gasteiger partial charge in [0.25, 0.3) is 0 Å². The summed E-state index contributed by atoms with van der Waals surface area (Å²) in [5, 5.41) is 8.88. The molecule has 0 aliphatic rings. The molecule has 0 unspecified atom stereocenters. The zero-order valence-corrected chi connectivity index (χ0v) is 15.0. The third kappa shape index (κ3) is 4.50. The number of ether oxygens (including phenoxy) is 2. The Morgan fingerprint density at radius 3 is 2.40 bits per heavy atom. The van der Waals surface area contributed by atoms with Crippen molar-refractivity contribution in [3.05, 3.63) is 54.1 Å². The fourth-order valence-electron chi connectivity index (χ4n) is 2.37. The Morgan fingerprint density at radius 2 is 1.80 bits per heavy atom. The van der Waals surface area contributed by atoms with Crippen LogP contribution >= 0.6 is 0 Å². The van der Waals surface area contributed by atoms with Crippen LogP contribution in [0.5, 0.6) is 11.5 Å². The second-order valence-electron chi connectivity index (χ2n) is 5.25. The van der Waals surface area contributed by atoms with Crippen LogP contribution in [0.3, 0.4) is 0 Å². The van der Waals surface area contributed by atoms with Gasteiger partial charge in [0.2, 0.25) is 10.0 Å². The highest BCUT2D eigenvalue weighted by atomic mass is 32.2. The smallest absolute Gasteiger partial charge is 0.247 e. The molecule has 0 saturated carbocycles. The lowest BCUT2D eigenvalue weighted by atomic mass is 10.2. The molecule has 0 radical (unpaired) electrons. The van der Waals surface area contributed by atoms with E-state index in [1.54, 1.807) is 12.1 Å². The summed E-state index contributed by atoms with van der Waals surface area (Å²) in [5.74, 6) is 0.648. The fraction of sp³-hybridized carbons (Fsp3) is 0.278. The van der Waals surface area contributed by atoms with Crippen LogP contribution in [-0.4, -0.2) is 33.5 Å². The molecule has 0 aromatic heterocycles. The predicted octanol–water partition coefficient (Wildman–Crippen LogP) is 2.81. The SMILES string of the molecule is COc1ccc(OC)c(S(=O)(=O)N(CCC#N)Cc2ccccc2)c1. The minimum absolute atomic E-state index is 0.0169. The van der Waals surface area contributed by atoms with Crippen molar-refractivity contribution >= 4 is 10.0 Å². The highest BCUT2D eigenvalue weighted by molar-refractivity contribution is 7.89. The van der Waals surface area contributed by atoms with E-state index in [-0.39, 0.29) is 30.2 Å². The van der Waals surface area contributed by atoms with E-state index < -0.39 is 10.0 Å². The third-order valence-corrected chi connectivity index (χ3v) is 5.53. The van der Waals surface area contributed by atoms with Crippen molar-refractivity contribution in [1.29, 1.82) is 5.26 Å². The molecule has 0 fully saturated rings. The highest BCUT2D eigenvalue weighted by Gasteiger charge is 2.28.